The molecule has 1 saturated heterocycles. The standard InChI is InChI=1S/C14H21N3O/c1-17-9-5-6-12(11-17)10-15-14(18)16-13-7-3-2-4-8-13/h2-4,7-8,12H,5-6,9-11H2,1H3,(H2,15,16,18). The predicted octanol–water partition coefficient (Wildman–Crippen LogP) is 2.15. The lowest BCUT2D eigenvalue weighted by molar-refractivity contribution is 0.204. The molecule has 2 rings (SSSR count). The fraction of sp³-hybridized carbons (Fsp3) is 0.500. The van der Waals surface area contributed by atoms with Gasteiger partial charge in [-0.2, -0.15) is 0 Å². The van der Waals surface area contributed by atoms with E-state index in [1.165, 1.54) is 19.4 Å². The maximum absolute atomic E-state index is 11.7. The lowest BCUT2D eigenvalue weighted by Crippen LogP contribution is -2.40. The van der Waals surface area contributed by atoms with Crippen molar-refractivity contribution in [1.29, 1.82) is 0 Å². The Labute approximate surface area is 108 Å². The number of benzene rings is 1. The molecule has 0 bridgehead atoms. The number of piperidine rings is 1. The zero-order chi connectivity index (χ0) is 12.8. The lowest BCUT2D eigenvalue weighted by atomic mass is 9.99. The molecular weight excluding hydrogens is 226 g/mol. The summed E-state index contributed by atoms with van der Waals surface area (Å²) in [6, 6.07) is 9.40. The van der Waals surface area contributed by atoms with Gasteiger partial charge in [-0.3, -0.25) is 0 Å². The number of amides is 2. The van der Waals surface area contributed by atoms with E-state index in [1.54, 1.807) is 0 Å². The van der Waals surface area contributed by atoms with Crippen molar-refractivity contribution in [2.75, 3.05) is 32.0 Å². The molecule has 1 heterocycles. The minimum atomic E-state index is -0.116. The van der Waals surface area contributed by atoms with Gasteiger partial charge in [0.25, 0.3) is 0 Å². The van der Waals surface area contributed by atoms with Gasteiger partial charge in [-0.15, -0.1) is 0 Å². The van der Waals surface area contributed by atoms with E-state index in [2.05, 4.69) is 22.6 Å². The Morgan fingerprint density at radius 2 is 2.17 bits per heavy atom. The smallest absolute Gasteiger partial charge is 0.319 e. The molecule has 2 amide bonds. The lowest BCUT2D eigenvalue weighted by Gasteiger charge is -2.29. The van der Waals surface area contributed by atoms with Gasteiger partial charge in [0.05, 0.1) is 0 Å². The highest BCUT2D eigenvalue weighted by Crippen LogP contribution is 2.13. The summed E-state index contributed by atoms with van der Waals surface area (Å²) in [5, 5.41) is 5.77. The van der Waals surface area contributed by atoms with Gasteiger partial charge in [-0.05, 0) is 44.5 Å². The first-order chi connectivity index (χ1) is 8.74. The highest BCUT2D eigenvalue weighted by molar-refractivity contribution is 5.89. The van der Waals surface area contributed by atoms with Crippen LogP contribution in [0.2, 0.25) is 0 Å². The van der Waals surface area contributed by atoms with Gasteiger partial charge in [-0.1, -0.05) is 18.2 Å². The highest BCUT2D eigenvalue weighted by Gasteiger charge is 2.17. The van der Waals surface area contributed by atoms with Crippen LogP contribution in [0.1, 0.15) is 12.8 Å². The molecule has 0 saturated carbocycles. The van der Waals surface area contributed by atoms with Crippen LogP contribution >= 0.6 is 0 Å². The molecule has 18 heavy (non-hydrogen) atoms. The minimum absolute atomic E-state index is 0.116. The first kappa shape index (κ1) is 12.9. The van der Waals surface area contributed by atoms with Crippen molar-refractivity contribution in [1.82, 2.24) is 10.2 Å². The summed E-state index contributed by atoms with van der Waals surface area (Å²) in [6.07, 6.45) is 2.43. The SMILES string of the molecule is CN1CCCC(CNC(=O)Nc2ccccc2)C1. The molecule has 1 aliphatic rings. The van der Waals surface area contributed by atoms with Crippen LogP contribution in [0.4, 0.5) is 10.5 Å². The molecule has 1 atom stereocenters. The Morgan fingerprint density at radius 1 is 1.39 bits per heavy atom. The highest BCUT2D eigenvalue weighted by atomic mass is 16.2. The topological polar surface area (TPSA) is 44.4 Å². The number of carbonyl (C=O) groups excluding carboxylic acids is 1. The van der Waals surface area contributed by atoms with Crippen LogP contribution in [0, 0.1) is 5.92 Å². The molecule has 4 heteroatoms. The Bertz CT molecular complexity index is 380. The van der Waals surface area contributed by atoms with Crippen LogP contribution in [-0.4, -0.2) is 37.6 Å². The van der Waals surface area contributed by atoms with Crippen molar-refractivity contribution >= 4 is 11.7 Å². The summed E-state index contributed by atoms with van der Waals surface area (Å²) in [5.74, 6) is 0.574. The molecule has 0 aliphatic carbocycles. The Balaban J connectivity index is 1.71. The monoisotopic (exact) mass is 247 g/mol. The summed E-state index contributed by atoms with van der Waals surface area (Å²) >= 11 is 0. The summed E-state index contributed by atoms with van der Waals surface area (Å²) in [4.78, 5) is 14.0. The number of hydrogen-bond donors (Lipinski definition) is 2. The average molecular weight is 247 g/mol. The van der Waals surface area contributed by atoms with Crippen LogP contribution < -0.4 is 10.6 Å². The van der Waals surface area contributed by atoms with Gasteiger partial charge in [0.15, 0.2) is 0 Å². The number of nitrogens with one attached hydrogen (secondary N) is 2. The quantitative estimate of drug-likeness (QED) is 0.859. The molecule has 0 aromatic heterocycles. The summed E-state index contributed by atoms with van der Waals surface area (Å²) in [6.45, 7) is 3.00. The summed E-state index contributed by atoms with van der Waals surface area (Å²) in [7, 11) is 2.14. The zero-order valence-electron chi connectivity index (χ0n) is 10.9. The molecule has 2 N–H and O–H groups in total. The van der Waals surface area contributed by atoms with Gasteiger partial charge in [-0.25, -0.2) is 4.79 Å². The number of urea groups is 1. The fourth-order valence-electron chi connectivity index (χ4n) is 2.37. The largest absolute Gasteiger partial charge is 0.338 e. The molecule has 1 unspecified atom stereocenters. The van der Waals surface area contributed by atoms with E-state index in [0.29, 0.717) is 5.92 Å². The van der Waals surface area contributed by atoms with Crippen molar-refractivity contribution in [2.45, 2.75) is 12.8 Å². The van der Waals surface area contributed by atoms with Gasteiger partial charge in [0.1, 0.15) is 0 Å². The normalized spacial score (nSPS) is 20.4. The Morgan fingerprint density at radius 3 is 2.89 bits per heavy atom. The van der Waals surface area contributed by atoms with Gasteiger partial charge < -0.3 is 15.5 Å². The second-order valence-electron chi connectivity index (χ2n) is 4.97. The molecule has 1 aromatic rings. The molecule has 0 radical (unpaired) electrons. The molecule has 1 aliphatic heterocycles. The van der Waals surface area contributed by atoms with E-state index in [-0.39, 0.29) is 6.03 Å². The van der Waals surface area contributed by atoms with Gasteiger partial charge >= 0.3 is 6.03 Å². The second-order valence-corrected chi connectivity index (χ2v) is 4.97. The number of anilines is 1. The van der Waals surface area contributed by atoms with E-state index in [4.69, 9.17) is 0 Å². The molecular formula is C14H21N3O. The maximum Gasteiger partial charge on any atom is 0.319 e. The van der Waals surface area contributed by atoms with E-state index in [0.717, 1.165) is 18.8 Å². The molecule has 1 fully saturated rings. The van der Waals surface area contributed by atoms with Crippen LogP contribution in [-0.2, 0) is 0 Å². The van der Waals surface area contributed by atoms with Crippen molar-refractivity contribution in [3.8, 4) is 0 Å². The molecule has 0 spiro atoms. The minimum Gasteiger partial charge on any atom is -0.338 e. The third kappa shape index (κ3) is 4.04. The molecule has 98 valence electrons. The van der Waals surface area contributed by atoms with E-state index in [9.17, 15) is 4.79 Å². The van der Waals surface area contributed by atoms with Crippen molar-refractivity contribution in [2.24, 2.45) is 5.92 Å². The van der Waals surface area contributed by atoms with Gasteiger partial charge in [0, 0.05) is 18.8 Å². The van der Waals surface area contributed by atoms with Gasteiger partial charge in [0.2, 0.25) is 0 Å². The maximum atomic E-state index is 11.7. The van der Waals surface area contributed by atoms with Crippen molar-refractivity contribution in [3.05, 3.63) is 30.3 Å². The number of hydrogen-bond acceptors (Lipinski definition) is 2. The molecule has 4 nitrogen and oxygen atoms in total. The number of carbonyl (C=O) groups is 1. The number of para-hydroxylation sites is 1. The van der Waals surface area contributed by atoms with Crippen molar-refractivity contribution < 1.29 is 4.79 Å². The number of rotatable bonds is 3. The van der Waals surface area contributed by atoms with E-state index in [1.807, 2.05) is 30.3 Å². The summed E-state index contributed by atoms with van der Waals surface area (Å²) in [5.41, 5.74) is 0.829. The average Bonchev–Trinajstić information content (AvgIpc) is 2.38. The molecule has 1 aromatic carbocycles. The van der Waals surface area contributed by atoms with E-state index >= 15 is 0 Å². The van der Waals surface area contributed by atoms with Crippen LogP contribution in [0.25, 0.3) is 0 Å². The second kappa shape index (κ2) is 6.40. The number of nitrogens with zero attached hydrogens (tertiary/aromatic N) is 1. The third-order valence-corrected chi connectivity index (χ3v) is 3.31. The Hall–Kier alpha value is -1.55. The first-order valence-corrected chi connectivity index (χ1v) is 6.52. The first-order valence-electron chi connectivity index (χ1n) is 6.52. The third-order valence-electron chi connectivity index (χ3n) is 3.31. The van der Waals surface area contributed by atoms with Crippen LogP contribution in [0.3, 0.4) is 0 Å². The van der Waals surface area contributed by atoms with Crippen LogP contribution in [0.15, 0.2) is 30.3 Å². The van der Waals surface area contributed by atoms with E-state index < -0.39 is 0 Å². The fourth-order valence-corrected chi connectivity index (χ4v) is 2.37. The zero-order valence-corrected chi connectivity index (χ0v) is 10.9. The van der Waals surface area contributed by atoms with Crippen LogP contribution in [0.5, 0.6) is 0 Å². The Kier molecular flexibility index (Phi) is 4.59. The number of likely N-dealkylation sites (tertiary alicyclic amines) is 1. The van der Waals surface area contributed by atoms with Crippen molar-refractivity contribution in [3.63, 3.8) is 0 Å². The summed E-state index contributed by atoms with van der Waals surface area (Å²) < 4.78 is 0. The predicted molar refractivity (Wildman–Crippen MR) is 73.7 cm³/mol.